The fourth-order valence-corrected chi connectivity index (χ4v) is 3.94. The summed E-state index contributed by atoms with van der Waals surface area (Å²) in [5, 5.41) is -0.682. The van der Waals surface area contributed by atoms with Crippen molar-refractivity contribution in [2.24, 2.45) is 0 Å². The molecule has 1 aromatic rings. The molecule has 98 valence electrons. The van der Waals surface area contributed by atoms with Gasteiger partial charge in [0.15, 0.2) is 0 Å². The average molecular weight is 292 g/mol. The summed E-state index contributed by atoms with van der Waals surface area (Å²) in [7, 11) is -3.79. The van der Waals surface area contributed by atoms with Crippen LogP contribution in [0.15, 0.2) is 29.2 Å². The Morgan fingerprint density at radius 1 is 1.33 bits per heavy atom. The molecule has 4 nitrogen and oxygen atoms in total. The SMILES string of the molecule is O=C(Cl)[C@@H]1CCCN1S(=O)(=O)c1ccc(F)cc1. The fourth-order valence-electron chi connectivity index (χ4n) is 2.00. The second kappa shape index (κ2) is 4.95. The molecule has 0 aromatic heterocycles. The minimum absolute atomic E-state index is 0.0336. The molecule has 18 heavy (non-hydrogen) atoms. The van der Waals surface area contributed by atoms with E-state index in [2.05, 4.69) is 0 Å². The molecule has 0 N–H and O–H groups in total. The van der Waals surface area contributed by atoms with Crippen molar-refractivity contribution < 1.29 is 17.6 Å². The van der Waals surface area contributed by atoms with Gasteiger partial charge < -0.3 is 0 Å². The number of hydrogen-bond acceptors (Lipinski definition) is 3. The molecular weight excluding hydrogens is 281 g/mol. The highest BCUT2D eigenvalue weighted by Gasteiger charge is 2.38. The summed E-state index contributed by atoms with van der Waals surface area (Å²) in [6.45, 7) is 0.253. The molecular formula is C11H11ClFNO3S. The molecule has 1 heterocycles. The van der Waals surface area contributed by atoms with Gasteiger partial charge in [0.05, 0.1) is 10.9 Å². The maximum absolute atomic E-state index is 12.8. The van der Waals surface area contributed by atoms with Crippen molar-refractivity contribution in [3.05, 3.63) is 30.1 Å². The summed E-state index contributed by atoms with van der Waals surface area (Å²) in [5.74, 6) is -0.514. The third-order valence-electron chi connectivity index (χ3n) is 2.89. The second-order valence-electron chi connectivity index (χ2n) is 4.03. The van der Waals surface area contributed by atoms with E-state index >= 15 is 0 Å². The van der Waals surface area contributed by atoms with Gasteiger partial charge in [-0.2, -0.15) is 4.31 Å². The van der Waals surface area contributed by atoms with Gasteiger partial charge in [0.25, 0.3) is 0 Å². The first kappa shape index (κ1) is 13.5. The van der Waals surface area contributed by atoms with E-state index in [4.69, 9.17) is 11.6 Å². The smallest absolute Gasteiger partial charge is 0.243 e. The number of sulfonamides is 1. The summed E-state index contributed by atoms with van der Waals surface area (Å²) in [6, 6.07) is 3.68. The molecule has 0 saturated carbocycles. The van der Waals surface area contributed by atoms with Crippen LogP contribution in [0.25, 0.3) is 0 Å². The first-order chi connectivity index (χ1) is 8.43. The number of nitrogens with zero attached hydrogens (tertiary/aromatic N) is 1. The number of carbonyl (C=O) groups is 1. The standard InChI is InChI=1S/C11H11ClFNO3S/c12-11(15)10-2-1-7-14(10)18(16,17)9-5-3-8(13)4-6-9/h3-6,10H,1-2,7H2/t10-/m0/s1. The van der Waals surface area contributed by atoms with Crippen molar-refractivity contribution in [2.45, 2.75) is 23.8 Å². The topological polar surface area (TPSA) is 54.5 Å². The Morgan fingerprint density at radius 2 is 1.94 bits per heavy atom. The Bertz CT molecular complexity index is 558. The van der Waals surface area contributed by atoms with Crippen molar-refractivity contribution in [2.75, 3.05) is 6.54 Å². The van der Waals surface area contributed by atoms with Crippen LogP contribution in [0.2, 0.25) is 0 Å². The lowest BCUT2D eigenvalue weighted by molar-refractivity contribution is -0.114. The first-order valence-electron chi connectivity index (χ1n) is 5.39. The Hall–Kier alpha value is -0.980. The quantitative estimate of drug-likeness (QED) is 0.797. The van der Waals surface area contributed by atoms with E-state index < -0.39 is 27.1 Å². The zero-order valence-electron chi connectivity index (χ0n) is 9.34. The van der Waals surface area contributed by atoms with Crippen molar-refractivity contribution >= 4 is 26.9 Å². The second-order valence-corrected chi connectivity index (χ2v) is 6.29. The maximum Gasteiger partial charge on any atom is 0.243 e. The molecule has 1 fully saturated rings. The summed E-state index contributed by atoms with van der Waals surface area (Å²) in [6.07, 6.45) is 1.01. The molecule has 0 aliphatic carbocycles. The van der Waals surface area contributed by atoms with E-state index in [1.807, 2.05) is 0 Å². The molecule has 0 radical (unpaired) electrons. The van der Waals surface area contributed by atoms with Crippen LogP contribution < -0.4 is 0 Å². The van der Waals surface area contributed by atoms with Crippen molar-refractivity contribution in [3.8, 4) is 0 Å². The van der Waals surface area contributed by atoms with Crippen LogP contribution >= 0.6 is 11.6 Å². The minimum Gasteiger partial charge on any atom is -0.279 e. The van der Waals surface area contributed by atoms with Crippen LogP contribution in [0, 0.1) is 5.82 Å². The Balaban J connectivity index is 2.36. The monoisotopic (exact) mass is 291 g/mol. The van der Waals surface area contributed by atoms with Crippen molar-refractivity contribution in [1.82, 2.24) is 4.31 Å². The predicted molar refractivity (Wildman–Crippen MR) is 64.2 cm³/mol. The maximum atomic E-state index is 12.8. The molecule has 1 aliphatic rings. The van der Waals surface area contributed by atoms with E-state index in [0.717, 1.165) is 16.4 Å². The highest BCUT2D eigenvalue weighted by Crippen LogP contribution is 2.27. The van der Waals surface area contributed by atoms with Gasteiger partial charge in [0.2, 0.25) is 15.3 Å². The zero-order valence-corrected chi connectivity index (χ0v) is 10.9. The van der Waals surface area contributed by atoms with Crippen LogP contribution in [-0.2, 0) is 14.8 Å². The number of benzene rings is 1. The highest BCUT2D eigenvalue weighted by molar-refractivity contribution is 7.89. The summed E-state index contributed by atoms with van der Waals surface area (Å²) < 4.78 is 38.4. The predicted octanol–water partition coefficient (Wildman–Crippen LogP) is 1.74. The van der Waals surface area contributed by atoms with Gasteiger partial charge in [0.1, 0.15) is 5.82 Å². The molecule has 1 saturated heterocycles. The van der Waals surface area contributed by atoms with Crippen LogP contribution in [0.1, 0.15) is 12.8 Å². The van der Waals surface area contributed by atoms with Crippen LogP contribution in [0.3, 0.4) is 0 Å². The minimum atomic E-state index is -3.79. The van der Waals surface area contributed by atoms with Gasteiger partial charge in [0, 0.05) is 6.54 Å². The molecule has 0 unspecified atom stereocenters. The zero-order chi connectivity index (χ0) is 13.3. The molecule has 1 atom stereocenters. The van der Waals surface area contributed by atoms with Crippen LogP contribution in [0.5, 0.6) is 0 Å². The summed E-state index contributed by atoms with van der Waals surface area (Å²) in [4.78, 5) is 11.2. The largest absolute Gasteiger partial charge is 0.279 e. The van der Waals surface area contributed by atoms with Crippen LogP contribution in [-0.4, -0.2) is 30.6 Å². The van der Waals surface area contributed by atoms with Gasteiger partial charge >= 0.3 is 0 Å². The number of rotatable bonds is 3. The van der Waals surface area contributed by atoms with E-state index in [1.165, 1.54) is 12.1 Å². The molecule has 0 spiro atoms. The number of hydrogen-bond donors (Lipinski definition) is 0. The lowest BCUT2D eigenvalue weighted by Gasteiger charge is -2.21. The van der Waals surface area contributed by atoms with Gasteiger partial charge in [-0.1, -0.05) is 0 Å². The molecule has 1 aromatic carbocycles. The highest BCUT2D eigenvalue weighted by atomic mass is 35.5. The molecule has 1 aliphatic heterocycles. The lowest BCUT2D eigenvalue weighted by Crippen LogP contribution is -2.38. The molecule has 2 rings (SSSR count). The third kappa shape index (κ3) is 2.41. The third-order valence-corrected chi connectivity index (χ3v) is 5.06. The van der Waals surface area contributed by atoms with E-state index in [0.29, 0.717) is 12.8 Å². The van der Waals surface area contributed by atoms with Gasteiger partial charge in [-0.3, -0.25) is 4.79 Å². The lowest BCUT2D eigenvalue weighted by atomic mass is 10.2. The Kier molecular flexibility index (Phi) is 3.70. The van der Waals surface area contributed by atoms with E-state index in [-0.39, 0.29) is 11.4 Å². The molecule has 7 heteroatoms. The normalized spacial score (nSPS) is 21.1. The molecule has 0 bridgehead atoms. The summed E-state index contributed by atoms with van der Waals surface area (Å²) >= 11 is 5.39. The number of carbonyl (C=O) groups excluding carboxylic acids is 1. The van der Waals surface area contributed by atoms with Crippen molar-refractivity contribution in [1.29, 1.82) is 0 Å². The Morgan fingerprint density at radius 3 is 2.50 bits per heavy atom. The fraction of sp³-hybridized carbons (Fsp3) is 0.364. The summed E-state index contributed by atoms with van der Waals surface area (Å²) in [5.41, 5.74) is 0. The van der Waals surface area contributed by atoms with Gasteiger partial charge in [-0.05, 0) is 48.7 Å². The van der Waals surface area contributed by atoms with Crippen LogP contribution in [0.4, 0.5) is 4.39 Å². The average Bonchev–Trinajstić information content (AvgIpc) is 2.79. The first-order valence-corrected chi connectivity index (χ1v) is 7.21. The van der Waals surface area contributed by atoms with E-state index in [1.54, 1.807) is 0 Å². The number of halogens is 2. The van der Waals surface area contributed by atoms with Crippen molar-refractivity contribution in [3.63, 3.8) is 0 Å². The van der Waals surface area contributed by atoms with Gasteiger partial charge in [-0.15, -0.1) is 0 Å². The Labute approximate surface area is 109 Å². The van der Waals surface area contributed by atoms with E-state index in [9.17, 15) is 17.6 Å². The molecule has 0 amide bonds. The van der Waals surface area contributed by atoms with Gasteiger partial charge in [-0.25, -0.2) is 12.8 Å².